The molecule has 1 aromatic carbocycles. The van der Waals surface area contributed by atoms with Crippen molar-refractivity contribution in [1.82, 2.24) is 5.32 Å². The van der Waals surface area contributed by atoms with E-state index in [0.717, 1.165) is 0 Å². The van der Waals surface area contributed by atoms with Crippen molar-refractivity contribution >= 4 is 22.8 Å². The molecule has 0 saturated heterocycles. The number of benzene rings is 1. The number of aryl methyl sites for hydroxylation is 1. The predicted octanol–water partition coefficient (Wildman–Crippen LogP) is 2.28. The van der Waals surface area contributed by atoms with E-state index >= 15 is 0 Å². The monoisotopic (exact) mass is 391 g/mol. The van der Waals surface area contributed by atoms with Gasteiger partial charge in [-0.3, -0.25) is 4.79 Å². The summed E-state index contributed by atoms with van der Waals surface area (Å²) in [6.45, 7) is 5.29. The zero-order chi connectivity index (χ0) is 21.0. The Balaban J connectivity index is 2.41. The number of hydrogen-bond donors (Lipinski definition) is 2. The molecule has 0 saturated carbocycles. The Bertz CT molecular complexity index is 948. The van der Waals surface area contributed by atoms with Crippen LogP contribution in [0.25, 0.3) is 11.0 Å². The average Bonchev–Trinajstić information content (AvgIpc) is 2.67. The van der Waals surface area contributed by atoms with Gasteiger partial charge in [-0.1, -0.05) is 20.3 Å². The van der Waals surface area contributed by atoms with Gasteiger partial charge in [-0.05, 0) is 30.5 Å². The number of ether oxygens (including phenoxy) is 2. The van der Waals surface area contributed by atoms with Crippen LogP contribution in [0.5, 0.6) is 11.5 Å². The number of rotatable bonds is 8. The Morgan fingerprint density at radius 1 is 1.25 bits per heavy atom. The minimum atomic E-state index is -1.11. The van der Waals surface area contributed by atoms with Crippen molar-refractivity contribution in [3.05, 3.63) is 33.7 Å². The molecule has 0 aliphatic rings. The van der Waals surface area contributed by atoms with E-state index in [-0.39, 0.29) is 23.5 Å². The van der Waals surface area contributed by atoms with Crippen LogP contribution in [0.15, 0.2) is 21.3 Å². The Morgan fingerprint density at radius 2 is 1.93 bits per heavy atom. The number of hydrogen-bond acceptors (Lipinski definition) is 6. The third-order valence-corrected chi connectivity index (χ3v) is 4.93. The van der Waals surface area contributed by atoms with Crippen LogP contribution in [0, 0.1) is 12.8 Å². The summed E-state index contributed by atoms with van der Waals surface area (Å²) in [5, 5.41) is 12.4. The molecule has 0 bridgehead atoms. The number of carbonyl (C=O) groups is 2. The molecule has 1 aromatic heterocycles. The van der Waals surface area contributed by atoms with Crippen molar-refractivity contribution in [3.8, 4) is 11.5 Å². The van der Waals surface area contributed by atoms with Crippen LogP contribution in [0.4, 0.5) is 0 Å². The maximum atomic E-state index is 12.5. The molecule has 2 unspecified atom stereocenters. The summed E-state index contributed by atoms with van der Waals surface area (Å²) in [6, 6.07) is 2.38. The number of amides is 1. The Labute approximate surface area is 162 Å². The molecule has 0 radical (unpaired) electrons. The Hall–Kier alpha value is -3.03. The Kier molecular flexibility index (Phi) is 6.66. The molecule has 0 fully saturated rings. The normalized spacial score (nSPS) is 13.0. The molecule has 0 spiro atoms. The summed E-state index contributed by atoms with van der Waals surface area (Å²) in [5.74, 6) is -1.20. The molecular formula is C20H25NO7. The van der Waals surface area contributed by atoms with Crippen LogP contribution >= 0.6 is 0 Å². The van der Waals surface area contributed by atoms with Crippen molar-refractivity contribution in [2.24, 2.45) is 5.92 Å². The molecule has 8 heteroatoms. The fourth-order valence-corrected chi connectivity index (χ4v) is 3.04. The summed E-state index contributed by atoms with van der Waals surface area (Å²) >= 11 is 0. The maximum absolute atomic E-state index is 12.5. The lowest BCUT2D eigenvalue weighted by molar-refractivity contribution is -0.143. The van der Waals surface area contributed by atoms with E-state index in [1.807, 2.05) is 6.92 Å². The summed E-state index contributed by atoms with van der Waals surface area (Å²) < 4.78 is 15.9. The first-order valence-corrected chi connectivity index (χ1v) is 8.94. The van der Waals surface area contributed by atoms with Crippen LogP contribution in [0.2, 0.25) is 0 Å². The number of methoxy groups -OCH3 is 2. The van der Waals surface area contributed by atoms with E-state index in [2.05, 4.69) is 5.32 Å². The van der Waals surface area contributed by atoms with Crippen molar-refractivity contribution < 1.29 is 28.6 Å². The zero-order valence-electron chi connectivity index (χ0n) is 16.6. The molecule has 2 N–H and O–H groups in total. The summed E-state index contributed by atoms with van der Waals surface area (Å²) in [5.41, 5.74) is 0.293. The Morgan fingerprint density at radius 3 is 2.46 bits per heavy atom. The third-order valence-electron chi connectivity index (χ3n) is 4.93. The highest BCUT2D eigenvalue weighted by molar-refractivity contribution is 5.90. The summed E-state index contributed by atoms with van der Waals surface area (Å²) in [6.07, 6.45) is 0.314. The van der Waals surface area contributed by atoms with E-state index in [0.29, 0.717) is 28.9 Å². The number of fused-ring (bicyclic) bond motifs is 1. The van der Waals surface area contributed by atoms with Crippen LogP contribution in [0.3, 0.4) is 0 Å². The van der Waals surface area contributed by atoms with E-state index in [1.54, 1.807) is 26.0 Å². The average molecular weight is 391 g/mol. The van der Waals surface area contributed by atoms with Gasteiger partial charge in [0.05, 0.1) is 26.2 Å². The van der Waals surface area contributed by atoms with Gasteiger partial charge >= 0.3 is 11.6 Å². The van der Waals surface area contributed by atoms with Gasteiger partial charge in [-0.25, -0.2) is 9.59 Å². The van der Waals surface area contributed by atoms with Gasteiger partial charge in [0.2, 0.25) is 11.7 Å². The van der Waals surface area contributed by atoms with Crippen LogP contribution in [0.1, 0.15) is 31.4 Å². The lowest BCUT2D eigenvalue weighted by Gasteiger charge is -2.20. The van der Waals surface area contributed by atoms with E-state index < -0.39 is 23.5 Å². The lowest BCUT2D eigenvalue weighted by atomic mass is 9.98. The maximum Gasteiger partial charge on any atom is 0.340 e. The largest absolute Gasteiger partial charge is 0.493 e. The molecule has 2 rings (SSSR count). The standard InChI is InChI=1S/C20H25NO7/c1-6-10(2)16(19(23)24)21-15(22)9-13-11(3)12-7-8-14(26-4)18(27-5)17(12)28-20(13)25/h7-8,10,16H,6,9H2,1-5H3,(H,21,22)(H,23,24). The van der Waals surface area contributed by atoms with Gasteiger partial charge in [0.15, 0.2) is 11.3 Å². The highest BCUT2D eigenvalue weighted by Crippen LogP contribution is 2.36. The smallest absolute Gasteiger partial charge is 0.340 e. The topological polar surface area (TPSA) is 115 Å². The van der Waals surface area contributed by atoms with Crippen LogP contribution in [-0.2, 0) is 16.0 Å². The fourth-order valence-electron chi connectivity index (χ4n) is 3.04. The molecule has 0 aliphatic heterocycles. The highest BCUT2D eigenvalue weighted by Gasteiger charge is 2.26. The number of carboxylic acids is 1. The number of carboxylic acid groups (broad SMARTS) is 1. The highest BCUT2D eigenvalue weighted by atomic mass is 16.5. The van der Waals surface area contributed by atoms with E-state index in [9.17, 15) is 19.5 Å². The molecule has 2 aromatic rings. The fraction of sp³-hybridized carbons (Fsp3) is 0.450. The van der Waals surface area contributed by atoms with Crippen LogP contribution < -0.4 is 20.4 Å². The quantitative estimate of drug-likeness (QED) is 0.663. The zero-order valence-corrected chi connectivity index (χ0v) is 16.6. The minimum absolute atomic E-state index is 0.172. The van der Waals surface area contributed by atoms with Gasteiger partial charge in [0.25, 0.3) is 0 Å². The second kappa shape index (κ2) is 8.77. The number of nitrogens with one attached hydrogen (secondary N) is 1. The lowest BCUT2D eigenvalue weighted by Crippen LogP contribution is -2.45. The van der Waals surface area contributed by atoms with Crippen LogP contribution in [-0.4, -0.2) is 37.2 Å². The van der Waals surface area contributed by atoms with Gasteiger partial charge in [-0.2, -0.15) is 0 Å². The SMILES string of the molecule is CCC(C)C(NC(=O)Cc1c(C)c2ccc(OC)c(OC)c2oc1=O)C(=O)O. The van der Waals surface area contributed by atoms with E-state index in [1.165, 1.54) is 14.2 Å². The number of carbonyl (C=O) groups excluding carboxylic acids is 1. The van der Waals surface area contributed by atoms with Crippen molar-refractivity contribution in [2.45, 2.75) is 39.7 Å². The summed E-state index contributed by atoms with van der Waals surface area (Å²) in [7, 11) is 2.92. The molecule has 8 nitrogen and oxygen atoms in total. The molecule has 0 aliphatic carbocycles. The minimum Gasteiger partial charge on any atom is -0.493 e. The molecule has 28 heavy (non-hydrogen) atoms. The molecule has 152 valence electrons. The van der Waals surface area contributed by atoms with Gasteiger partial charge < -0.3 is 24.3 Å². The molecule has 2 atom stereocenters. The van der Waals surface area contributed by atoms with E-state index in [4.69, 9.17) is 13.9 Å². The van der Waals surface area contributed by atoms with Crippen molar-refractivity contribution in [1.29, 1.82) is 0 Å². The molecule has 1 heterocycles. The molecule has 1 amide bonds. The third kappa shape index (κ3) is 4.11. The van der Waals surface area contributed by atoms with Gasteiger partial charge in [-0.15, -0.1) is 0 Å². The first kappa shape index (κ1) is 21.3. The van der Waals surface area contributed by atoms with Crippen molar-refractivity contribution in [2.75, 3.05) is 14.2 Å². The second-order valence-electron chi connectivity index (χ2n) is 6.62. The molecular weight excluding hydrogens is 366 g/mol. The van der Waals surface area contributed by atoms with Gasteiger partial charge in [0.1, 0.15) is 6.04 Å². The first-order valence-electron chi connectivity index (χ1n) is 8.94. The van der Waals surface area contributed by atoms with Crippen molar-refractivity contribution in [3.63, 3.8) is 0 Å². The predicted molar refractivity (Wildman–Crippen MR) is 103 cm³/mol. The number of aliphatic carboxylic acids is 1. The first-order chi connectivity index (χ1) is 13.2. The van der Waals surface area contributed by atoms with Gasteiger partial charge in [0, 0.05) is 5.39 Å². The second-order valence-corrected chi connectivity index (χ2v) is 6.62. The summed E-state index contributed by atoms with van der Waals surface area (Å²) in [4.78, 5) is 36.3.